The number of nitrogens with two attached hydrogens (primary N) is 1. The van der Waals surface area contributed by atoms with Gasteiger partial charge in [0.25, 0.3) is 0 Å². The summed E-state index contributed by atoms with van der Waals surface area (Å²) in [5.74, 6) is -1.70. The molecule has 1 saturated heterocycles. The average molecular weight is 452 g/mol. The summed E-state index contributed by atoms with van der Waals surface area (Å²) >= 11 is 0. The molecule has 0 radical (unpaired) electrons. The molecule has 8 nitrogen and oxygen atoms in total. The first kappa shape index (κ1) is 22.5. The molecule has 9 heteroatoms. The van der Waals surface area contributed by atoms with Crippen molar-refractivity contribution in [3.63, 3.8) is 0 Å². The summed E-state index contributed by atoms with van der Waals surface area (Å²) in [5, 5.41) is 13.8. The zero-order chi connectivity index (χ0) is 23.4. The molecule has 0 spiro atoms. The van der Waals surface area contributed by atoms with Crippen LogP contribution < -0.4 is 5.73 Å². The number of carboxylic acids is 1. The number of benzene rings is 2. The molecule has 0 aliphatic carbocycles. The maximum atomic E-state index is 14.9. The van der Waals surface area contributed by atoms with E-state index in [0.29, 0.717) is 43.4 Å². The molecule has 1 aliphatic heterocycles. The van der Waals surface area contributed by atoms with Crippen molar-refractivity contribution in [2.45, 2.75) is 19.4 Å². The second-order valence-electron chi connectivity index (χ2n) is 7.77. The Balaban J connectivity index is 1.58. The van der Waals surface area contributed by atoms with Gasteiger partial charge in [0, 0.05) is 24.6 Å². The molecule has 1 unspecified atom stereocenters. The number of nitrogens with zero attached hydrogens (tertiary/aromatic N) is 3. The molecular formula is C24H25FN4O4. The topological polar surface area (TPSA) is 114 Å². The van der Waals surface area contributed by atoms with E-state index in [1.54, 1.807) is 19.1 Å². The van der Waals surface area contributed by atoms with E-state index >= 15 is 0 Å². The van der Waals surface area contributed by atoms with Crippen molar-refractivity contribution in [2.24, 2.45) is 10.7 Å². The Hall–Kier alpha value is -3.72. The molecule has 1 fully saturated rings. The quantitative estimate of drug-likeness (QED) is 0.435. The summed E-state index contributed by atoms with van der Waals surface area (Å²) in [6, 6.07) is 14.1. The summed E-state index contributed by atoms with van der Waals surface area (Å²) in [6.45, 7) is 4.04. The van der Waals surface area contributed by atoms with Gasteiger partial charge in [-0.2, -0.15) is 0 Å². The minimum Gasteiger partial charge on any atom is -0.477 e. The van der Waals surface area contributed by atoms with Crippen molar-refractivity contribution in [2.75, 3.05) is 26.3 Å². The molecule has 33 heavy (non-hydrogen) atoms. The largest absolute Gasteiger partial charge is 0.477 e. The number of guanidine groups is 1. The van der Waals surface area contributed by atoms with Crippen LogP contribution in [0.5, 0.6) is 0 Å². The van der Waals surface area contributed by atoms with E-state index < -0.39 is 17.7 Å². The number of morpholine rings is 1. The van der Waals surface area contributed by atoms with E-state index in [1.165, 1.54) is 6.07 Å². The fourth-order valence-electron chi connectivity index (χ4n) is 3.83. The molecule has 2 heterocycles. The third kappa shape index (κ3) is 4.88. The van der Waals surface area contributed by atoms with Crippen LogP contribution in [0.3, 0.4) is 0 Å². The molecule has 0 saturated carbocycles. The third-order valence-electron chi connectivity index (χ3n) is 5.71. The summed E-state index contributed by atoms with van der Waals surface area (Å²) in [7, 11) is 0. The van der Waals surface area contributed by atoms with E-state index in [4.69, 9.17) is 15.0 Å². The minimum atomic E-state index is -1.19. The zero-order valence-corrected chi connectivity index (χ0v) is 18.2. The SMILES string of the molecule is CC(c1ccc(-c2ccccc2)c(F)c1)c1noc(CN=C(N)N2CCOCC2)c1C(=O)O. The first-order valence-corrected chi connectivity index (χ1v) is 10.6. The van der Waals surface area contributed by atoms with Gasteiger partial charge in [0.15, 0.2) is 11.7 Å². The highest BCUT2D eigenvalue weighted by atomic mass is 19.1. The number of halogens is 1. The average Bonchev–Trinajstić information content (AvgIpc) is 3.27. The second kappa shape index (κ2) is 9.83. The smallest absolute Gasteiger partial charge is 0.341 e. The number of aromatic nitrogens is 1. The van der Waals surface area contributed by atoms with E-state index in [0.717, 1.165) is 5.56 Å². The van der Waals surface area contributed by atoms with Crippen LogP contribution in [0.4, 0.5) is 4.39 Å². The predicted molar refractivity (Wildman–Crippen MR) is 121 cm³/mol. The molecule has 0 bridgehead atoms. The Morgan fingerprint density at radius 3 is 2.64 bits per heavy atom. The number of aliphatic imine (C=N–C) groups is 1. The number of carboxylic acid groups (broad SMARTS) is 1. The number of hydrogen-bond acceptors (Lipinski definition) is 5. The van der Waals surface area contributed by atoms with Crippen molar-refractivity contribution in [3.8, 4) is 11.1 Å². The van der Waals surface area contributed by atoms with Crippen LogP contribution in [0, 0.1) is 5.82 Å². The summed E-state index contributed by atoms with van der Waals surface area (Å²) < 4.78 is 25.5. The van der Waals surface area contributed by atoms with Gasteiger partial charge in [-0.15, -0.1) is 0 Å². The van der Waals surface area contributed by atoms with E-state index in [2.05, 4.69) is 10.1 Å². The molecule has 3 aromatic rings. The first-order valence-electron chi connectivity index (χ1n) is 10.6. The van der Waals surface area contributed by atoms with E-state index in [1.807, 2.05) is 35.2 Å². The molecule has 172 valence electrons. The first-order chi connectivity index (χ1) is 16.0. The van der Waals surface area contributed by atoms with Gasteiger partial charge < -0.3 is 25.0 Å². The normalized spacial score (nSPS) is 15.5. The Morgan fingerprint density at radius 2 is 1.97 bits per heavy atom. The molecule has 2 aromatic carbocycles. The highest BCUT2D eigenvalue weighted by Gasteiger charge is 2.27. The van der Waals surface area contributed by atoms with Gasteiger partial charge in [-0.05, 0) is 17.2 Å². The number of hydrogen-bond donors (Lipinski definition) is 2. The Bertz CT molecular complexity index is 1160. The van der Waals surface area contributed by atoms with Crippen molar-refractivity contribution in [1.29, 1.82) is 0 Å². The van der Waals surface area contributed by atoms with Crippen molar-refractivity contribution < 1.29 is 23.6 Å². The molecule has 3 N–H and O–H groups in total. The minimum absolute atomic E-state index is 0.0636. The lowest BCUT2D eigenvalue weighted by Gasteiger charge is -2.27. The Kier molecular flexibility index (Phi) is 6.69. The number of aromatic carboxylic acids is 1. The number of carbonyl (C=O) groups is 1. The number of ether oxygens (including phenoxy) is 1. The molecule has 1 aromatic heterocycles. The van der Waals surface area contributed by atoms with Crippen LogP contribution in [0.1, 0.15) is 40.2 Å². The van der Waals surface area contributed by atoms with Crippen LogP contribution in [0.2, 0.25) is 0 Å². The van der Waals surface area contributed by atoms with Gasteiger partial charge in [-0.1, -0.05) is 54.5 Å². The molecule has 1 aliphatic rings. The fourth-order valence-corrected chi connectivity index (χ4v) is 3.83. The summed E-state index contributed by atoms with van der Waals surface area (Å²) in [4.78, 5) is 18.1. The van der Waals surface area contributed by atoms with Crippen LogP contribution in [0.15, 0.2) is 58.0 Å². The van der Waals surface area contributed by atoms with Gasteiger partial charge in [-0.3, -0.25) is 0 Å². The van der Waals surface area contributed by atoms with Gasteiger partial charge in [0.2, 0.25) is 0 Å². The van der Waals surface area contributed by atoms with Crippen LogP contribution in [-0.4, -0.2) is 53.4 Å². The zero-order valence-electron chi connectivity index (χ0n) is 18.2. The highest BCUT2D eigenvalue weighted by Crippen LogP contribution is 2.31. The Morgan fingerprint density at radius 1 is 1.24 bits per heavy atom. The molecule has 0 amide bonds. The number of rotatable bonds is 6. The summed E-state index contributed by atoms with van der Waals surface area (Å²) in [6.07, 6.45) is 0. The standard InChI is InChI=1S/C24H25FN4O4/c1-15(17-7-8-18(19(25)13-17)16-5-3-2-4-6-16)22-21(23(30)31)20(33-28-22)14-27-24(26)29-9-11-32-12-10-29/h2-8,13,15H,9-12,14H2,1H3,(H2,26,27)(H,30,31). The van der Waals surface area contributed by atoms with Crippen LogP contribution in [-0.2, 0) is 11.3 Å². The Labute approximate surface area is 190 Å². The molecule has 1 atom stereocenters. The third-order valence-corrected chi connectivity index (χ3v) is 5.71. The van der Waals surface area contributed by atoms with Crippen molar-refractivity contribution in [1.82, 2.24) is 10.1 Å². The van der Waals surface area contributed by atoms with Crippen LogP contribution >= 0.6 is 0 Å². The summed E-state index contributed by atoms with van der Waals surface area (Å²) in [5.41, 5.74) is 7.99. The maximum absolute atomic E-state index is 14.9. The molecule has 4 rings (SSSR count). The van der Waals surface area contributed by atoms with Gasteiger partial charge in [0.05, 0.1) is 13.2 Å². The second-order valence-corrected chi connectivity index (χ2v) is 7.77. The lowest BCUT2D eigenvalue weighted by Crippen LogP contribution is -2.44. The van der Waals surface area contributed by atoms with Gasteiger partial charge >= 0.3 is 5.97 Å². The maximum Gasteiger partial charge on any atom is 0.341 e. The van der Waals surface area contributed by atoms with Crippen molar-refractivity contribution >= 4 is 11.9 Å². The lowest BCUT2D eigenvalue weighted by molar-refractivity contribution is 0.0674. The lowest BCUT2D eigenvalue weighted by atomic mass is 9.92. The van der Waals surface area contributed by atoms with Gasteiger partial charge in [-0.25, -0.2) is 14.2 Å². The predicted octanol–water partition coefficient (Wildman–Crippen LogP) is 3.48. The monoisotopic (exact) mass is 452 g/mol. The van der Waals surface area contributed by atoms with Gasteiger partial charge in [0.1, 0.15) is 23.6 Å². The fraction of sp³-hybridized carbons (Fsp3) is 0.292. The highest BCUT2D eigenvalue weighted by molar-refractivity contribution is 5.90. The van der Waals surface area contributed by atoms with E-state index in [9.17, 15) is 14.3 Å². The van der Waals surface area contributed by atoms with Crippen molar-refractivity contribution in [3.05, 3.63) is 76.9 Å². The van der Waals surface area contributed by atoms with E-state index in [-0.39, 0.29) is 23.6 Å². The van der Waals surface area contributed by atoms with Crippen LogP contribution in [0.25, 0.3) is 11.1 Å². The molecular weight excluding hydrogens is 427 g/mol.